The first-order valence-electron chi connectivity index (χ1n) is 7.67. The summed E-state index contributed by atoms with van der Waals surface area (Å²) in [5, 5.41) is 9.68. The van der Waals surface area contributed by atoms with Gasteiger partial charge in [-0.2, -0.15) is 57.1 Å². The van der Waals surface area contributed by atoms with Gasteiger partial charge in [0.2, 0.25) is 0 Å². The molecular formula is C16H11F13O2. The molecule has 2 nitrogen and oxygen atoms in total. The first kappa shape index (κ1) is 26.7. The van der Waals surface area contributed by atoms with E-state index in [0.29, 0.717) is 0 Å². The van der Waals surface area contributed by atoms with Crippen molar-refractivity contribution in [2.24, 2.45) is 0 Å². The molecule has 31 heavy (non-hydrogen) atoms. The van der Waals surface area contributed by atoms with Crippen molar-refractivity contribution in [3.63, 3.8) is 0 Å². The number of allylic oxidation sites excluding steroid dienone is 2. The van der Waals surface area contributed by atoms with Crippen LogP contribution in [0.5, 0.6) is 11.5 Å². The lowest BCUT2D eigenvalue weighted by molar-refractivity contribution is -0.436. The molecule has 1 rings (SSSR count). The van der Waals surface area contributed by atoms with E-state index in [1.807, 2.05) is 0 Å². The normalized spacial score (nSPS) is 14.9. The Kier molecular flexibility index (Phi) is 6.86. The van der Waals surface area contributed by atoms with Gasteiger partial charge in [-0.1, -0.05) is 18.2 Å². The van der Waals surface area contributed by atoms with Gasteiger partial charge in [0.15, 0.2) is 11.5 Å². The van der Waals surface area contributed by atoms with E-state index in [-0.39, 0.29) is 17.4 Å². The number of rotatable bonds is 8. The fraction of sp³-hybridized carbons (Fsp3) is 0.500. The molecule has 0 fully saturated rings. The summed E-state index contributed by atoms with van der Waals surface area (Å²) in [6, 6.07) is 3.39. The van der Waals surface area contributed by atoms with Crippen molar-refractivity contribution in [3.05, 3.63) is 35.9 Å². The Morgan fingerprint density at radius 2 is 1.26 bits per heavy atom. The van der Waals surface area contributed by atoms with Crippen LogP contribution in [0.4, 0.5) is 57.1 Å². The molecule has 1 N–H and O–H groups in total. The van der Waals surface area contributed by atoms with Crippen LogP contribution < -0.4 is 4.74 Å². The largest absolute Gasteiger partial charge is 0.504 e. The number of para-hydroxylation sites is 1. The average molecular weight is 482 g/mol. The van der Waals surface area contributed by atoms with Crippen LogP contribution in [0.25, 0.3) is 0 Å². The standard InChI is InChI=1S/C16H11F13O2/c1-31-9-6-2-4-8(10(9)30)5-3-7-11(17,18)12(19,20)13(21,22)14(23,24)15(25,26)16(27,28)29/h2-4,6-7,30H,5H2,1H3/b7-3+. The Labute approximate surface area is 164 Å². The maximum absolute atomic E-state index is 13.6. The number of aromatic hydroxyl groups is 1. The van der Waals surface area contributed by atoms with Crippen LogP contribution in [-0.4, -0.2) is 48.0 Å². The number of hydrogen-bond donors (Lipinski definition) is 1. The SMILES string of the molecule is COc1cccc(C/C=C/C(F)(F)C(F)(F)C(F)(F)C(F)(F)C(F)(F)C(F)(F)F)c1O. The molecular weight excluding hydrogens is 471 g/mol. The van der Waals surface area contributed by atoms with E-state index >= 15 is 0 Å². The lowest BCUT2D eigenvalue weighted by atomic mass is 9.93. The first-order valence-corrected chi connectivity index (χ1v) is 7.67. The van der Waals surface area contributed by atoms with Gasteiger partial charge < -0.3 is 9.84 Å². The zero-order valence-electron chi connectivity index (χ0n) is 14.9. The van der Waals surface area contributed by atoms with Crippen LogP contribution in [0.1, 0.15) is 5.56 Å². The Bertz CT molecular complexity index is 812. The van der Waals surface area contributed by atoms with E-state index in [1.165, 1.54) is 12.1 Å². The van der Waals surface area contributed by atoms with Crippen molar-refractivity contribution in [1.29, 1.82) is 0 Å². The number of ether oxygens (including phenoxy) is 1. The minimum atomic E-state index is -7.94. The van der Waals surface area contributed by atoms with Gasteiger partial charge in [0.05, 0.1) is 7.11 Å². The highest BCUT2D eigenvalue weighted by atomic mass is 19.4. The fourth-order valence-electron chi connectivity index (χ4n) is 2.12. The second kappa shape index (κ2) is 7.97. The van der Waals surface area contributed by atoms with Gasteiger partial charge in [0.1, 0.15) is 0 Å². The van der Waals surface area contributed by atoms with Crippen LogP contribution in [-0.2, 0) is 6.42 Å². The summed E-state index contributed by atoms with van der Waals surface area (Å²) in [6.45, 7) is 0. The molecule has 0 heterocycles. The lowest BCUT2D eigenvalue weighted by Crippen LogP contribution is -2.69. The van der Waals surface area contributed by atoms with E-state index in [0.717, 1.165) is 13.2 Å². The maximum Gasteiger partial charge on any atom is 0.460 e. The quantitative estimate of drug-likeness (QED) is 0.351. The van der Waals surface area contributed by atoms with Crippen LogP contribution in [0.3, 0.4) is 0 Å². The third kappa shape index (κ3) is 4.22. The highest BCUT2D eigenvalue weighted by molar-refractivity contribution is 5.46. The topological polar surface area (TPSA) is 29.5 Å². The van der Waals surface area contributed by atoms with Crippen molar-refractivity contribution in [2.75, 3.05) is 7.11 Å². The smallest absolute Gasteiger partial charge is 0.460 e. The number of benzene rings is 1. The average Bonchev–Trinajstić information content (AvgIpc) is 2.61. The number of phenols is 1. The summed E-state index contributed by atoms with van der Waals surface area (Å²) in [4.78, 5) is 0. The molecule has 0 aliphatic carbocycles. The van der Waals surface area contributed by atoms with Crippen molar-refractivity contribution in [2.45, 2.75) is 42.2 Å². The monoisotopic (exact) mass is 482 g/mol. The first-order chi connectivity index (χ1) is 13.7. The van der Waals surface area contributed by atoms with Crippen molar-refractivity contribution >= 4 is 0 Å². The molecule has 0 aliphatic heterocycles. The molecule has 178 valence electrons. The molecule has 0 amide bonds. The van der Waals surface area contributed by atoms with E-state index in [1.54, 1.807) is 0 Å². The van der Waals surface area contributed by atoms with Crippen molar-refractivity contribution in [1.82, 2.24) is 0 Å². The summed E-state index contributed by atoms with van der Waals surface area (Å²) in [5.41, 5.74) is -0.296. The lowest BCUT2D eigenvalue weighted by Gasteiger charge is -2.39. The predicted molar refractivity (Wildman–Crippen MR) is 78.3 cm³/mol. The molecule has 0 aromatic heterocycles. The summed E-state index contributed by atoms with van der Waals surface area (Å²) in [7, 11) is 1.07. The third-order valence-electron chi connectivity index (χ3n) is 3.93. The minimum Gasteiger partial charge on any atom is -0.504 e. The molecule has 0 saturated carbocycles. The number of halogens is 13. The van der Waals surface area contributed by atoms with Gasteiger partial charge in [-0.3, -0.25) is 0 Å². The van der Waals surface area contributed by atoms with Crippen molar-refractivity contribution in [3.8, 4) is 11.5 Å². The molecule has 1 aromatic rings. The second-order valence-electron chi connectivity index (χ2n) is 5.99. The van der Waals surface area contributed by atoms with Crippen LogP contribution in [0.2, 0.25) is 0 Å². The van der Waals surface area contributed by atoms with Crippen LogP contribution in [0.15, 0.2) is 30.4 Å². The van der Waals surface area contributed by atoms with E-state index in [4.69, 9.17) is 0 Å². The molecule has 0 bridgehead atoms. The Morgan fingerprint density at radius 3 is 1.71 bits per heavy atom. The summed E-state index contributed by atoms with van der Waals surface area (Å²) in [5.74, 6) is -38.1. The molecule has 0 aliphatic rings. The highest BCUT2D eigenvalue weighted by Gasteiger charge is 2.90. The summed E-state index contributed by atoms with van der Waals surface area (Å²) in [6.07, 6.45) is -9.44. The number of methoxy groups -OCH3 is 1. The van der Waals surface area contributed by atoms with E-state index in [9.17, 15) is 62.2 Å². The number of hydrogen-bond acceptors (Lipinski definition) is 2. The Balaban J connectivity index is 3.30. The number of phenolic OH excluding ortho intramolecular Hbond substituents is 1. The maximum atomic E-state index is 13.6. The predicted octanol–water partition coefficient (Wildman–Crippen LogP) is 6.24. The highest BCUT2D eigenvalue weighted by Crippen LogP contribution is 2.60. The fourth-order valence-corrected chi connectivity index (χ4v) is 2.12. The van der Waals surface area contributed by atoms with Gasteiger partial charge in [0, 0.05) is 5.56 Å². The summed E-state index contributed by atoms with van der Waals surface area (Å²) >= 11 is 0. The Hall–Kier alpha value is -2.35. The molecule has 0 atom stereocenters. The zero-order chi connectivity index (χ0) is 24.7. The van der Waals surface area contributed by atoms with E-state index < -0.39 is 54.0 Å². The molecule has 0 spiro atoms. The van der Waals surface area contributed by atoms with Gasteiger partial charge in [0.25, 0.3) is 0 Å². The molecule has 0 unspecified atom stereocenters. The number of alkyl halides is 13. The van der Waals surface area contributed by atoms with Gasteiger partial charge in [-0.05, 0) is 18.6 Å². The molecule has 0 radical (unpaired) electrons. The van der Waals surface area contributed by atoms with Crippen molar-refractivity contribution < 1.29 is 66.9 Å². The van der Waals surface area contributed by atoms with Gasteiger partial charge >= 0.3 is 35.8 Å². The zero-order valence-corrected chi connectivity index (χ0v) is 14.9. The third-order valence-corrected chi connectivity index (χ3v) is 3.93. The van der Waals surface area contributed by atoms with Crippen LogP contribution in [0, 0.1) is 0 Å². The van der Waals surface area contributed by atoms with Crippen LogP contribution >= 0.6 is 0 Å². The second-order valence-corrected chi connectivity index (χ2v) is 5.99. The van der Waals surface area contributed by atoms with E-state index in [2.05, 4.69) is 4.74 Å². The van der Waals surface area contributed by atoms with Gasteiger partial charge in [-0.25, -0.2) is 0 Å². The van der Waals surface area contributed by atoms with Gasteiger partial charge in [-0.15, -0.1) is 0 Å². The summed E-state index contributed by atoms with van der Waals surface area (Å²) < 4.78 is 173. The Morgan fingerprint density at radius 1 is 0.774 bits per heavy atom. The molecule has 1 aromatic carbocycles. The molecule has 0 saturated heterocycles. The molecule has 15 heteroatoms. The minimum absolute atomic E-state index is 0.0153.